The highest BCUT2D eigenvalue weighted by atomic mass is 16.5. The average Bonchev–Trinajstić information content (AvgIpc) is 2.77. The van der Waals surface area contributed by atoms with E-state index in [1.54, 1.807) is 0 Å². The van der Waals surface area contributed by atoms with Crippen molar-refractivity contribution in [1.82, 2.24) is 5.43 Å². The second-order valence-corrected chi connectivity index (χ2v) is 7.37. The molecule has 1 aliphatic heterocycles. The number of hydrogen-bond donors (Lipinski definition) is 3. The van der Waals surface area contributed by atoms with Gasteiger partial charge in [0.15, 0.2) is 0 Å². The maximum absolute atomic E-state index is 6.22. The van der Waals surface area contributed by atoms with Crippen LogP contribution in [0.4, 0.5) is 5.69 Å². The summed E-state index contributed by atoms with van der Waals surface area (Å²) in [4.78, 5) is 2.26. The van der Waals surface area contributed by atoms with Crippen LogP contribution in [-0.4, -0.2) is 12.4 Å². The van der Waals surface area contributed by atoms with Crippen molar-refractivity contribution < 1.29 is 4.74 Å². The summed E-state index contributed by atoms with van der Waals surface area (Å²) in [5, 5.41) is 3.87. The highest BCUT2D eigenvalue weighted by Crippen LogP contribution is 2.39. The molecular formula is C23H31N5O. The number of nitrogens with zero attached hydrogens (tertiary/aromatic N) is 2. The molecule has 1 heterocycles. The Labute approximate surface area is 173 Å². The van der Waals surface area contributed by atoms with Crippen LogP contribution in [-0.2, 0) is 13.0 Å². The molecule has 0 radical (unpaired) electrons. The first kappa shape index (κ1) is 20.7. The first-order valence-corrected chi connectivity index (χ1v) is 10.2. The summed E-state index contributed by atoms with van der Waals surface area (Å²) in [6, 6.07) is 16.4. The lowest BCUT2D eigenvalue weighted by atomic mass is 9.90. The zero-order valence-corrected chi connectivity index (χ0v) is 17.1. The number of amidine groups is 1. The Morgan fingerprint density at radius 3 is 2.72 bits per heavy atom. The molecule has 2 aromatic carbocycles. The molecule has 154 valence electrons. The Balaban J connectivity index is 1.91. The fraction of sp³-hybridized carbons (Fsp3) is 0.348. The molecule has 5 N–H and O–H groups in total. The van der Waals surface area contributed by atoms with E-state index in [2.05, 4.69) is 47.1 Å². The molecule has 6 nitrogen and oxygen atoms in total. The molecule has 1 unspecified atom stereocenters. The summed E-state index contributed by atoms with van der Waals surface area (Å²) >= 11 is 0. The summed E-state index contributed by atoms with van der Waals surface area (Å²) in [6.45, 7) is 7.79. The van der Waals surface area contributed by atoms with Crippen molar-refractivity contribution in [3.8, 4) is 5.75 Å². The van der Waals surface area contributed by atoms with Gasteiger partial charge in [0.1, 0.15) is 18.2 Å². The third kappa shape index (κ3) is 4.90. The molecule has 6 heteroatoms. The maximum Gasteiger partial charge on any atom is 0.141 e. The second kappa shape index (κ2) is 9.98. The van der Waals surface area contributed by atoms with Crippen LogP contribution < -0.4 is 26.7 Å². The van der Waals surface area contributed by atoms with Crippen LogP contribution in [0.5, 0.6) is 5.75 Å². The minimum Gasteiger partial charge on any atom is -0.489 e. The number of nitrogens with one attached hydrogen (secondary N) is 1. The van der Waals surface area contributed by atoms with Gasteiger partial charge < -0.3 is 20.9 Å². The van der Waals surface area contributed by atoms with Crippen molar-refractivity contribution in [2.75, 3.05) is 11.4 Å². The van der Waals surface area contributed by atoms with Crippen LogP contribution in [0.15, 0.2) is 65.9 Å². The van der Waals surface area contributed by atoms with E-state index in [-0.39, 0.29) is 5.92 Å². The third-order valence-corrected chi connectivity index (χ3v) is 5.36. The van der Waals surface area contributed by atoms with Crippen molar-refractivity contribution in [2.45, 2.75) is 39.2 Å². The molecule has 0 bridgehead atoms. The molecule has 0 spiro atoms. The van der Waals surface area contributed by atoms with Gasteiger partial charge >= 0.3 is 0 Å². The number of unbranched alkanes of at least 4 members (excludes halogenated alkanes) is 1. The van der Waals surface area contributed by atoms with Crippen molar-refractivity contribution in [3.05, 3.63) is 71.9 Å². The lowest BCUT2D eigenvalue weighted by Gasteiger charge is -2.38. The first-order chi connectivity index (χ1) is 14.2. The van der Waals surface area contributed by atoms with E-state index in [0.717, 1.165) is 60.5 Å². The molecule has 0 aromatic heterocycles. The molecular weight excluding hydrogens is 362 g/mol. The fourth-order valence-electron chi connectivity index (χ4n) is 3.77. The normalized spacial score (nSPS) is 16.3. The number of anilines is 1. The van der Waals surface area contributed by atoms with Crippen molar-refractivity contribution >= 4 is 11.5 Å². The Morgan fingerprint density at radius 1 is 1.24 bits per heavy atom. The summed E-state index contributed by atoms with van der Waals surface area (Å²) in [5.41, 5.74) is 7.16. The molecule has 29 heavy (non-hydrogen) atoms. The maximum atomic E-state index is 6.22. The second-order valence-electron chi connectivity index (χ2n) is 7.37. The van der Waals surface area contributed by atoms with E-state index >= 15 is 0 Å². The summed E-state index contributed by atoms with van der Waals surface area (Å²) in [7, 11) is 0. The van der Waals surface area contributed by atoms with Crippen LogP contribution in [0.25, 0.3) is 0 Å². The smallest absolute Gasteiger partial charge is 0.141 e. The Bertz CT molecular complexity index is 850. The summed E-state index contributed by atoms with van der Waals surface area (Å²) in [6.07, 6.45) is 3.93. The highest BCUT2D eigenvalue weighted by Gasteiger charge is 2.31. The molecule has 0 saturated carbocycles. The Hall–Kier alpha value is -2.99. The zero-order valence-electron chi connectivity index (χ0n) is 17.1. The van der Waals surface area contributed by atoms with E-state index in [1.807, 2.05) is 30.3 Å². The van der Waals surface area contributed by atoms with Crippen LogP contribution in [0.1, 0.15) is 37.3 Å². The first-order valence-electron chi connectivity index (χ1n) is 10.2. The van der Waals surface area contributed by atoms with Gasteiger partial charge in [-0.2, -0.15) is 5.10 Å². The van der Waals surface area contributed by atoms with Crippen molar-refractivity contribution in [1.29, 1.82) is 0 Å². The molecule has 1 aliphatic rings. The van der Waals surface area contributed by atoms with Gasteiger partial charge in [-0.3, -0.25) is 0 Å². The molecule has 1 atom stereocenters. The van der Waals surface area contributed by atoms with Gasteiger partial charge in [0.05, 0.1) is 0 Å². The molecule has 0 amide bonds. The Morgan fingerprint density at radius 2 is 2.03 bits per heavy atom. The van der Waals surface area contributed by atoms with Gasteiger partial charge in [0.25, 0.3) is 0 Å². The van der Waals surface area contributed by atoms with Crippen LogP contribution >= 0.6 is 0 Å². The van der Waals surface area contributed by atoms with E-state index in [0.29, 0.717) is 12.4 Å². The van der Waals surface area contributed by atoms with E-state index < -0.39 is 0 Å². The van der Waals surface area contributed by atoms with Gasteiger partial charge in [-0.05, 0) is 37.0 Å². The van der Waals surface area contributed by atoms with Crippen LogP contribution in [0.3, 0.4) is 0 Å². The lowest BCUT2D eigenvalue weighted by Crippen LogP contribution is -2.45. The van der Waals surface area contributed by atoms with E-state index in [4.69, 9.17) is 16.4 Å². The standard InChI is InChI=1S/C23H31N5O/c1-3-4-9-17(2)28-15-19(23(26-24)27-25)14-20-21(28)12-8-13-22(20)29-16-18-10-6-5-7-11-18/h5-8,10-13,19H,2-4,9,14-16,24-25H2,1H3,(H,26,27). The highest BCUT2D eigenvalue weighted by molar-refractivity contribution is 5.86. The molecule has 3 rings (SSSR count). The van der Waals surface area contributed by atoms with Gasteiger partial charge in [0.2, 0.25) is 0 Å². The predicted molar refractivity (Wildman–Crippen MR) is 119 cm³/mol. The number of allylic oxidation sites excluding steroid dienone is 1. The summed E-state index contributed by atoms with van der Waals surface area (Å²) < 4.78 is 6.22. The average molecular weight is 394 g/mol. The van der Waals surface area contributed by atoms with Crippen molar-refractivity contribution in [3.63, 3.8) is 0 Å². The number of fused-ring (bicyclic) bond motifs is 1. The lowest BCUT2D eigenvalue weighted by molar-refractivity contribution is 0.301. The number of benzene rings is 2. The predicted octanol–water partition coefficient (Wildman–Crippen LogP) is 3.68. The van der Waals surface area contributed by atoms with Crippen LogP contribution in [0.2, 0.25) is 0 Å². The monoisotopic (exact) mass is 393 g/mol. The number of hydrazine groups is 1. The van der Waals surface area contributed by atoms with E-state index in [1.165, 1.54) is 0 Å². The SMILES string of the molecule is C=C(CCCC)N1CC(/C(=N/N)NN)Cc2c(OCc3ccccc3)cccc21. The largest absolute Gasteiger partial charge is 0.489 e. The number of hydrazone groups is 1. The minimum absolute atomic E-state index is 0.0392. The number of nitrogens with two attached hydrogens (primary N) is 2. The third-order valence-electron chi connectivity index (χ3n) is 5.36. The van der Waals surface area contributed by atoms with Crippen LogP contribution in [0, 0.1) is 5.92 Å². The summed E-state index contributed by atoms with van der Waals surface area (Å²) in [5.74, 6) is 12.8. The molecule has 0 aliphatic carbocycles. The number of rotatable bonds is 8. The van der Waals surface area contributed by atoms with Gasteiger partial charge in [-0.1, -0.05) is 56.3 Å². The Kier molecular flexibility index (Phi) is 7.14. The number of ether oxygens (including phenoxy) is 1. The topological polar surface area (TPSA) is 88.9 Å². The zero-order chi connectivity index (χ0) is 20.6. The van der Waals surface area contributed by atoms with Gasteiger partial charge in [-0.15, -0.1) is 0 Å². The fourth-order valence-corrected chi connectivity index (χ4v) is 3.77. The van der Waals surface area contributed by atoms with Crippen molar-refractivity contribution in [2.24, 2.45) is 22.7 Å². The van der Waals surface area contributed by atoms with E-state index in [9.17, 15) is 0 Å². The number of hydrogen-bond acceptors (Lipinski definition) is 5. The quantitative estimate of drug-likeness (QED) is 0.275. The van der Waals surface area contributed by atoms with Gasteiger partial charge in [-0.25, -0.2) is 5.84 Å². The molecule has 0 fully saturated rings. The molecule has 2 aromatic rings. The molecule has 0 saturated heterocycles. The minimum atomic E-state index is 0.0392. The van der Waals surface area contributed by atoms with Gasteiger partial charge in [0, 0.05) is 29.4 Å².